The molecule has 0 aromatic carbocycles. The van der Waals surface area contributed by atoms with Crippen LogP contribution in [0.15, 0.2) is 0 Å². The van der Waals surface area contributed by atoms with E-state index in [0.717, 1.165) is 18.5 Å². The first kappa shape index (κ1) is 9.68. The molecule has 4 heteroatoms. The van der Waals surface area contributed by atoms with Gasteiger partial charge in [-0.2, -0.15) is 5.10 Å². The zero-order valence-corrected chi connectivity index (χ0v) is 8.29. The van der Waals surface area contributed by atoms with Crippen LogP contribution < -0.4 is 5.73 Å². The summed E-state index contributed by atoms with van der Waals surface area (Å²) >= 11 is 0. The SMILES string of the molecule is NCC(O)Cc1n[nH]c2c1CCCC2. The Kier molecular flexibility index (Phi) is 2.84. The van der Waals surface area contributed by atoms with E-state index in [-0.39, 0.29) is 0 Å². The maximum absolute atomic E-state index is 9.45. The molecule has 0 aliphatic heterocycles. The number of nitrogens with one attached hydrogen (secondary N) is 1. The van der Waals surface area contributed by atoms with Crippen LogP contribution in [0.25, 0.3) is 0 Å². The molecule has 0 saturated carbocycles. The summed E-state index contributed by atoms with van der Waals surface area (Å²) in [5, 5.41) is 16.8. The number of aromatic nitrogens is 2. The molecular weight excluding hydrogens is 178 g/mol. The van der Waals surface area contributed by atoms with E-state index in [1.165, 1.54) is 24.1 Å². The molecule has 0 radical (unpaired) electrons. The molecule has 78 valence electrons. The minimum absolute atomic E-state index is 0.307. The molecule has 1 aliphatic rings. The average molecular weight is 195 g/mol. The van der Waals surface area contributed by atoms with Gasteiger partial charge in [0.25, 0.3) is 0 Å². The highest BCUT2D eigenvalue weighted by Crippen LogP contribution is 2.22. The monoisotopic (exact) mass is 195 g/mol. The molecule has 4 nitrogen and oxygen atoms in total. The van der Waals surface area contributed by atoms with E-state index < -0.39 is 6.10 Å². The quantitative estimate of drug-likeness (QED) is 0.642. The van der Waals surface area contributed by atoms with E-state index in [0.29, 0.717) is 13.0 Å². The summed E-state index contributed by atoms with van der Waals surface area (Å²) < 4.78 is 0. The number of aliphatic hydroxyl groups is 1. The predicted octanol–water partition coefficient (Wildman–Crippen LogP) is 0.151. The molecule has 1 aromatic heterocycles. The Morgan fingerprint density at radius 3 is 3.00 bits per heavy atom. The first-order valence-electron chi connectivity index (χ1n) is 5.24. The predicted molar refractivity (Wildman–Crippen MR) is 54.0 cm³/mol. The van der Waals surface area contributed by atoms with Gasteiger partial charge in [0, 0.05) is 18.7 Å². The van der Waals surface area contributed by atoms with Gasteiger partial charge in [0.2, 0.25) is 0 Å². The fraction of sp³-hybridized carbons (Fsp3) is 0.700. The number of H-pyrrole nitrogens is 1. The van der Waals surface area contributed by atoms with Gasteiger partial charge >= 0.3 is 0 Å². The van der Waals surface area contributed by atoms with Gasteiger partial charge in [-0.25, -0.2) is 0 Å². The van der Waals surface area contributed by atoms with Crippen molar-refractivity contribution in [1.29, 1.82) is 0 Å². The molecule has 0 fully saturated rings. The van der Waals surface area contributed by atoms with E-state index in [1.54, 1.807) is 0 Å². The van der Waals surface area contributed by atoms with Gasteiger partial charge in [0.1, 0.15) is 0 Å². The van der Waals surface area contributed by atoms with E-state index in [9.17, 15) is 5.11 Å². The standard InChI is InChI=1S/C10H17N3O/c11-6-7(14)5-10-8-3-1-2-4-9(8)12-13-10/h7,14H,1-6,11H2,(H,12,13). The van der Waals surface area contributed by atoms with Gasteiger partial charge < -0.3 is 10.8 Å². The number of hydrogen-bond acceptors (Lipinski definition) is 3. The highest BCUT2D eigenvalue weighted by atomic mass is 16.3. The van der Waals surface area contributed by atoms with Gasteiger partial charge in [-0.05, 0) is 31.2 Å². The lowest BCUT2D eigenvalue weighted by molar-refractivity contribution is 0.182. The maximum atomic E-state index is 9.45. The lowest BCUT2D eigenvalue weighted by atomic mass is 9.94. The molecule has 2 rings (SSSR count). The topological polar surface area (TPSA) is 74.9 Å². The van der Waals surface area contributed by atoms with Crippen LogP contribution in [0.5, 0.6) is 0 Å². The van der Waals surface area contributed by atoms with Gasteiger partial charge in [-0.3, -0.25) is 5.10 Å². The Morgan fingerprint density at radius 2 is 2.21 bits per heavy atom. The fourth-order valence-corrected chi connectivity index (χ4v) is 2.02. The Hall–Kier alpha value is -0.870. The summed E-state index contributed by atoms with van der Waals surface area (Å²) in [4.78, 5) is 0. The second-order valence-corrected chi connectivity index (χ2v) is 3.93. The van der Waals surface area contributed by atoms with Crippen molar-refractivity contribution < 1.29 is 5.11 Å². The maximum Gasteiger partial charge on any atom is 0.0718 e. The molecule has 1 unspecified atom stereocenters. The van der Waals surface area contributed by atoms with Gasteiger partial charge in [-0.1, -0.05) is 0 Å². The Balaban J connectivity index is 2.14. The molecule has 0 spiro atoms. The van der Waals surface area contributed by atoms with Crippen molar-refractivity contribution in [3.8, 4) is 0 Å². The smallest absolute Gasteiger partial charge is 0.0718 e. The molecule has 14 heavy (non-hydrogen) atoms. The molecule has 1 heterocycles. The zero-order chi connectivity index (χ0) is 9.97. The van der Waals surface area contributed by atoms with Crippen molar-refractivity contribution in [2.45, 2.75) is 38.2 Å². The van der Waals surface area contributed by atoms with Crippen LogP contribution >= 0.6 is 0 Å². The Morgan fingerprint density at radius 1 is 1.43 bits per heavy atom. The number of hydrogen-bond donors (Lipinski definition) is 3. The van der Waals surface area contributed by atoms with Crippen LogP contribution in [0.2, 0.25) is 0 Å². The van der Waals surface area contributed by atoms with Crippen molar-refractivity contribution in [2.24, 2.45) is 5.73 Å². The molecule has 0 bridgehead atoms. The highest BCUT2D eigenvalue weighted by molar-refractivity contribution is 5.28. The molecule has 1 atom stereocenters. The fourth-order valence-electron chi connectivity index (χ4n) is 2.02. The number of nitrogens with two attached hydrogens (primary N) is 1. The second-order valence-electron chi connectivity index (χ2n) is 3.93. The van der Waals surface area contributed by atoms with Crippen molar-refractivity contribution in [2.75, 3.05) is 6.54 Å². The normalized spacial score (nSPS) is 17.9. The number of aromatic amines is 1. The van der Waals surface area contributed by atoms with E-state index in [1.807, 2.05) is 0 Å². The minimum atomic E-state index is -0.454. The summed E-state index contributed by atoms with van der Waals surface area (Å²) in [5.41, 5.74) is 8.97. The number of rotatable bonds is 3. The van der Waals surface area contributed by atoms with Crippen LogP contribution in [0.1, 0.15) is 29.8 Å². The number of aryl methyl sites for hydroxylation is 1. The van der Waals surface area contributed by atoms with E-state index >= 15 is 0 Å². The largest absolute Gasteiger partial charge is 0.391 e. The number of fused-ring (bicyclic) bond motifs is 1. The third kappa shape index (κ3) is 1.81. The second kappa shape index (κ2) is 4.11. The molecular formula is C10H17N3O. The van der Waals surface area contributed by atoms with Crippen molar-refractivity contribution in [3.63, 3.8) is 0 Å². The Labute approximate surface area is 83.5 Å². The zero-order valence-electron chi connectivity index (χ0n) is 8.29. The highest BCUT2D eigenvalue weighted by Gasteiger charge is 2.18. The number of aliphatic hydroxyl groups excluding tert-OH is 1. The summed E-state index contributed by atoms with van der Waals surface area (Å²) in [6, 6.07) is 0. The molecule has 0 amide bonds. The summed E-state index contributed by atoms with van der Waals surface area (Å²) in [6.07, 6.45) is 4.80. The third-order valence-corrected chi connectivity index (χ3v) is 2.84. The lowest BCUT2D eigenvalue weighted by Gasteiger charge is -2.12. The van der Waals surface area contributed by atoms with Gasteiger partial charge in [-0.15, -0.1) is 0 Å². The van der Waals surface area contributed by atoms with Crippen LogP contribution in [0, 0.1) is 0 Å². The summed E-state index contributed by atoms with van der Waals surface area (Å²) in [6.45, 7) is 0.307. The van der Waals surface area contributed by atoms with E-state index in [4.69, 9.17) is 5.73 Å². The van der Waals surface area contributed by atoms with Crippen LogP contribution in [0.3, 0.4) is 0 Å². The van der Waals surface area contributed by atoms with E-state index in [2.05, 4.69) is 10.2 Å². The molecule has 1 aromatic rings. The lowest BCUT2D eigenvalue weighted by Crippen LogP contribution is -2.22. The van der Waals surface area contributed by atoms with Crippen LogP contribution in [0.4, 0.5) is 0 Å². The first-order valence-corrected chi connectivity index (χ1v) is 5.24. The van der Waals surface area contributed by atoms with Crippen molar-refractivity contribution >= 4 is 0 Å². The third-order valence-electron chi connectivity index (χ3n) is 2.84. The summed E-state index contributed by atoms with van der Waals surface area (Å²) in [7, 11) is 0. The van der Waals surface area contributed by atoms with Crippen LogP contribution in [-0.4, -0.2) is 28.0 Å². The van der Waals surface area contributed by atoms with Gasteiger partial charge in [0.15, 0.2) is 0 Å². The molecule has 0 saturated heterocycles. The van der Waals surface area contributed by atoms with Gasteiger partial charge in [0.05, 0.1) is 11.8 Å². The number of nitrogens with zero attached hydrogens (tertiary/aromatic N) is 1. The minimum Gasteiger partial charge on any atom is -0.391 e. The molecule has 4 N–H and O–H groups in total. The van der Waals surface area contributed by atoms with Crippen molar-refractivity contribution in [1.82, 2.24) is 10.2 Å². The average Bonchev–Trinajstić information content (AvgIpc) is 2.62. The molecule has 1 aliphatic carbocycles. The van der Waals surface area contributed by atoms with Crippen molar-refractivity contribution in [3.05, 3.63) is 17.0 Å². The van der Waals surface area contributed by atoms with Crippen LogP contribution in [-0.2, 0) is 19.3 Å². The summed E-state index contributed by atoms with van der Waals surface area (Å²) in [5.74, 6) is 0. The Bertz CT molecular complexity index is 308. The first-order chi connectivity index (χ1) is 6.81.